The summed E-state index contributed by atoms with van der Waals surface area (Å²) in [7, 11) is -3.76. The number of aromatic hydroxyl groups is 2. The van der Waals surface area contributed by atoms with E-state index < -0.39 is 9.84 Å². The fourth-order valence-corrected chi connectivity index (χ4v) is 6.06. The molecule has 2 rings (SSSR count). The standard InChI is InChI=1S/C33H52O4S/c1-13-30(5,6)24-17-22(18-25(28(24)34)31(7,8)14-2)21-38(36,37)23-19-26(32(9,10)15-3)29(35)27(20-23)33(11,12)16-4/h17-20,34-35H,13-16,21H2,1-12H3. The molecule has 0 aliphatic heterocycles. The minimum Gasteiger partial charge on any atom is -0.507 e. The zero-order valence-electron chi connectivity index (χ0n) is 26.0. The number of rotatable bonds is 11. The summed E-state index contributed by atoms with van der Waals surface area (Å²) in [5, 5.41) is 22.6. The molecule has 0 saturated carbocycles. The molecule has 2 aromatic carbocycles. The van der Waals surface area contributed by atoms with Gasteiger partial charge in [0.25, 0.3) is 0 Å². The largest absolute Gasteiger partial charge is 0.507 e. The molecule has 2 N–H and O–H groups in total. The van der Waals surface area contributed by atoms with Crippen molar-refractivity contribution in [3.63, 3.8) is 0 Å². The van der Waals surface area contributed by atoms with E-state index in [9.17, 15) is 18.6 Å². The maximum absolute atomic E-state index is 14.0. The van der Waals surface area contributed by atoms with Crippen molar-refractivity contribution in [2.45, 2.75) is 141 Å². The number of hydrogen-bond acceptors (Lipinski definition) is 4. The van der Waals surface area contributed by atoms with Gasteiger partial charge >= 0.3 is 0 Å². The molecular weight excluding hydrogens is 492 g/mol. The fraction of sp³-hybridized carbons (Fsp3) is 0.636. The number of sulfone groups is 1. The van der Waals surface area contributed by atoms with Gasteiger partial charge in [-0.2, -0.15) is 0 Å². The lowest BCUT2D eigenvalue weighted by molar-refractivity contribution is 0.398. The normalized spacial score (nSPS) is 13.7. The Kier molecular flexibility index (Phi) is 9.21. The molecule has 5 heteroatoms. The Bertz CT molecular complexity index is 1190. The van der Waals surface area contributed by atoms with E-state index >= 15 is 0 Å². The molecule has 0 spiro atoms. The SMILES string of the molecule is CCC(C)(C)c1cc(CS(=O)(=O)c2cc(C(C)(C)CC)c(O)c(C(C)(C)CC)c2)cc(C(C)(C)CC)c1O. The third-order valence-corrected chi connectivity index (χ3v) is 11.1. The molecule has 2 aromatic rings. The van der Waals surface area contributed by atoms with Gasteiger partial charge in [-0.3, -0.25) is 0 Å². The van der Waals surface area contributed by atoms with Gasteiger partial charge in [-0.15, -0.1) is 0 Å². The van der Waals surface area contributed by atoms with Crippen LogP contribution in [0.4, 0.5) is 0 Å². The van der Waals surface area contributed by atoms with Crippen LogP contribution in [0.1, 0.15) is 137 Å². The summed E-state index contributed by atoms with van der Waals surface area (Å²) in [6, 6.07) is 7.11. The molecule has 0 aliphatic carbocycles. The molecule has 0 unspecified atom stereocenters. The second-order valence-electron chi connectivity index (χ2n) is 13.6. The van der Waals surface area contributed by atoms with Gasteiger partial charge in [-0.1, -0.05) is 95.2 Å². The van der Waals surface area contributed by atoms with Gasteiger partial charge in [0.15, 0.2) is 9.84 Å². The molecule has 214 valence electrons. The van der Waals surface area contributed by atoms with Crippen LogP contribution in [0, 0.1) is 0 Å². The van der Waals surface area contributed by atoms with Crippen LogP contribution < -0.4 is 0 Å². The molecule has 0 bridgehead atoms. The van der Waals surface area contributed by atoms with Crippen molar-refractivity contribution in [3.05, 3.63) is 52.1 Å². The molecule has 4 nitrogen and oxygen atoms in total. The number of hydrogen-bond donors (Lipinski definition) is 2. The lowest BCUT2D eigenvalue weighted by Gasteiger charge is -2.32. The Balaban J connectivity index is 2.83. The van der Waals surface area contributed by atoms with Crippen molar-refractivity contribution in [2.24, 2.45) is 0 Å². The maximum Gasteiger partial charge on any atom is 0.182 e. The van der Waals surface area contributed by atoms with E-state index in [1.165, 1.54) is 0 Å². The van der Waals surface area contributed by atoms with E-state index in [-0.39, 0.29) is 43.8 Å². The van der Waals surface area contributed by atoms with Crippen LogP contribution in [0.2, 0.25) is 0 Å². The topological polar surface area (TPSA) is 74.6 Å². The molecule has 0 aliphatic rings. The van der Waals surface area contributed by atoms with Gasteiger partial charge in [-0.05, 0) is 65.0 Å². The highest BCUT2D eigenvalue weighted by Gasteiger charge is 2.34. The number of phenolic OH excluding ortho intramolecular Hbond substituents is 2. The van der Waals surface area contributed by atoms with E-state index in [4.69, 9.17) is 0 Å². The first-order valence-corrected chi connectivity index (χ1v) is 15.8. The van der Waals surface area contributed by atoms with Gasteiger partial charge in [0.2, 0.25) is 0 Å². The molecule has 0 heterocycles. The highest BCUT2D eigenvalue weighted by Crippen LogP contribution is 2.45. The monoisotopic (exact) mass is 544 g/mol. The van der Waals surface area contributed by atoms with Crippen molar-refractivity contribution in [3.8, 4) is 11.5 Å². The summed E-state index contributed by atoms with van der Waals surface area (Å²) in [6.45, 7) is 24.8. The highest BCUT2D eigenvalue weighted by atomic mass is 32.2. The molecule has 0 radical (unpaired) electrons. The van der Waals surface area contributed by atoms with Crippen LogP contribution >= 0.6 is 0 Å². The van der Waals surface area contributed by atoms with Crippen LogP contribution in [0.15, 0.2) is 29.2 Å². The maximum atomic E-state index is 14.0. The summed E-state index contributed by atoms with van der Waals surface area (Å²) in [5.74, 6) is 0.301. The zero-order chi connectivity index (χ0) is 29.5. The van der Waals surface area contributed by atoms with Crippen LogP contribution in [0.25, 0.3) is 0 Å². The smallest absolute Gasteiger partial charge is 0.182 e. The average molecular weight is 545 g/mol. The van der Waals surface area contributed by atoms with Crippen LogP contribution in [0.3, 0.4) is 0 Å². The number of benzene rings is 2. The van der Waals surface area contributed by atoms with Gasteiger partial charge in [0.1, 0.15) is 11.5 Å². The molecule has 0 amide bonds. The summed E-state index contributed by atoms with van der Waals surface area (Å²) in [6.07, 6.45) is 3.15. The number of phenols is 2. The summed E-state index contributed by atoms with van der Waals surface area (Å²) >= 11 is 0. The third-order valence-electron chi connectivity index (χ3n) is 9.42. The van der Waals surface area contributed by atoms with Gasteiger partial charge < -0.3 is 10.2 Å². The van der Waals surface area contributed by atoms with E-state index in [0.29, 0.717) is 16.7 Å². The minimum atomic E-state index is -3.76. The van der Waals surface area contributed by atoms with Gasteiger partial charge in [-0.25, -0.2) is 8.42 Å². The lowest BCUT2D eigenvalue weighted by atomic mass is 9.75. The quantitative estimate of drug-likeness (QED) is 0.296. The Morgan fingerprint density at radius 2 is 0.816 bits per heavy atom. The van der Waals surface area contributed by atoms with E-state index in [0.717, 1.165) is 36.8 Å². The van der Waals surface area contributed by atoms with Crippen molar-refractivity contribution in [2.75, 3.05) is 0 Å². The molecule has 0 aromatic heterocycles. The lowest BCUT2D eigenvalue weighted by Crippen LogP contribution is -2.23. The summed E-state index contributed by atoms with van der Waals surface area (Å²) < 4.78 is 28.1. The Morgan fingerprint density at radius 3 is 1.08 bits per heavy atom. The van der Waals surface area contributed by atoms with Crippen molar-refractivity contribution in [1.29, 1.82) is 0 Å². The zero-order valence-corrected chi connectivity index (χ0v) is 26.8. The summed E-state index contributed by atoms with van der Waals surface area (Å²) in [4.78, 5) is 0.240. The minimum absolute atomic E-state index is 0.171. The second-order valence-corrected chi connectivity index (χ2v) is 15.6. The molecule has 38 heavy (non-hydrogen) atoms. The predicted octanol–water partition coefficient (Wildman–Crippen LogP) is 8.82. The van der Waals surface area contributed by atoms with Crippen LogP contribution in [-0.2, 0) is 37.3 Å². The van der Waals surface area contributed by atoms with E-state index in [2.05, 4.69) is 55.4 Å². The first kappa shape index (κ1) is 32.2. The Hall–Kier alpha value is -2.01. The van der Waals surface area contributed by atoms with E-state index in [1.54, 1.807) is 12.1 Å². The average Bonchev–Trinajstić information content (AvgIpc) is 2.84. The first-order valence-electron chi connectivity index (χ1n) is 14.2. The third kappa shape index (κ3) is 6.24. The highest BCUT2D eigenvalue weighted by molar-refractivity contribution is 7.90. The van der Waals surface area contributed by atoms with Crippen LogP contribution in [-0.4, -0.2) is 18.6 Å². The fourth-order valence-electron chi connectivity index (χ4n) is 4.69. The van der Waals surface area contributed by atoms with E-state index in [1.807, 2.05) is 39.8 Å². The first-order chi connectivity index (χ1) is 17.2. The molecular formula is C33H52O4S. The second kappa shape index (κ2) is 10.9. The van der Waals surface area contributed by atoms with Crippen molar-refractivity contribution >= 4 is 9.84 Å². The molecule has 0 fully saturated rings. The molecule has 0 atom stereocenters. The van der Waals surface area contributed by atoms with Crippen LogP contribution in [0.5, 0.6) is 11.5 Å². The van der Waals surface area contributed by atoms with Crippen molar-refractivity contribution in [1.82, 2.24) is 0 Å². The summed E-state index contributed by atoms with van der Waals surface area (Å²) in [5.41, 5.74) is 2.21. The Labute approximate surface area is 232 Å². The Morgan fingerprint density at radius 1 is 0.553 bits per heavy atom. The van der Waals surface area contributed by atoms with Crippen molar-refractivity contribution < 1.29 is 18.6 Å². The van der Waals surface area contributed by atoms with Gasteiger partial charge in [0.05, 0.1) is 10.6 Å². The van der Waals surface area contributed by atoms with Gasteiger partial charge in [0, 0.05) is 22.3 Å². The molecule has 0 saturated heterocycles. The predicted molar refractivity (Wildman–Crippen MR) is 160 cm³/mol.